The molecule has 5 nitrogen and oxygen atoms in total. The summed E-state index contributed by atoms with van der Waals surface area (Å²) in [5, 5.41) is 5.86. The Labute approximate surface area is 144 Å². The summed E-state index contributed by atoms with van der Waals surface area (Å²) in [6, 6.07) is 11.9. The summed E-state index contributed by atoms with van der Waals surface area (Å²) in [6.45, 7) is 5.26. The third-order valence-electron chi connectivity index (χ3n) is 4.03. The molecular weight excluding hydrogens is 300 g/mol. The number of hydrogen-bond donors (Lipinski definition) is 2. The first-order chi connectivity index (χ1) is 11.4. The number of amides is 2. The van der Waals surface area contributed by atoms with Gasteiger partial charge in [-0.1, -0.05) is 26.0 Å². The summed E-state index contributed by atoms with van der Waals surface area (Å²) in [6.07, 6.45) is 3.55. The second kappa shape index (κ2) is 7.81. The van der Waals surface area contributed by atoms with Crippen LogP contribution in [0.2, 0.25) is 0 Å². The summed E-state index contributed by atoms with van der Waals surface area (Å²) < 4.78 is 0. The van der Waals surface area contributed by atoms with Crippen LogP contribution < -0.4 is 15.5 Å². The fraction of sp³-hybridized carbons (Fsp3) is 0.368. The van der Waals surface area contributed by atoms with Gasteiger partial charge in [0.1, 0.15) is 0 Å². The summed E-state index contributed by atoms with van der Waals surface area (Å²) in [5.74, 6) is 0. The third kappa shape index (κ3) is 4.98. The number of aromatic nitrogens is 1. The van der Waals surface area contributed by atoms with Gasteiger partial charge in [-0.15, -0.1) is 0 Å². The maximum atomic E-state index is 12.1. The van der Waals surface area contributed by atoms with Gasteiger partial charge in [-0.05, 0) is 35.4 Å². The molecule has 0 bridgehead atoms. The predicted molar refractivity (Wildman–Crippen MR) is 98.3 cm³/mol. The van der Waals surface area contributed by atoms with E-state index in [1.165, 1.54) is 0 Å². The van der Waals surface area contributed by atoms with Crippen molar-refractivity contribution in [3.63, 3.8) is 0 Å². The van der Waals surface area contributed by atoms with Crippen LogP contribution in [0.5, 0.6) is 0 Å². The number of hydrogen-bond acceptors (Lipinski definition) is 3. The van der Waals surface area contributed by atoms with Crippen molar-refractivity contribution in [3.8, 4) is 0 Å². The highest BCUT2D eigenvalue weighted by Gasteiger charge is 2.21. The quantitative estimate of drug-likeness (QED) is 0.858. The summed E-state index contributed by atoms with van der Waals surface area (Å²) in [7, 11) is 4.00. The Bertz CT molecular complexity index is 668. The lowest BCUT2D eigenvalue weighted by Gasteiger charge is -2.25. The molecule has 2 rings (SSSR count). The molecule has 0 aliphatic heterocycles. The molecule has 0 aliphatic carbocycles. The number of anilines is 1. The SMILES string of the molecule is CN(C)c1cccc(CNC(=O)NCC(C)(C)c2ccncc2)c1. The zero-order chi connectivity index (χ0) is 17.6. The number of carbonyl (C=O) groups excluding carboxylic acids is 1. The van der Waals surface area contributed by atoms with E-state index in [-0.39, 0.29) is 11.4 Å². The topological polar surface area (TPSA) is 57.3 Å². The van der Waals surface area contributed by atoms with Gasteiger partial charge in [-0.2, -0.15) is 0 Å². The Hall–Kier alpha value is -2.56. The van der Waals surface area contributed by atoms with E-state index in [0.717, 1.165) is 16.8 Å². The number of nitrogens with zero attached hydrogens (tertiary/aromatic N) is 2. The van der Waals surface area contributed by atoms with Gasteiger partial charge >= 0.3 is 6.03 Å². The van der Waals surface area contributed by atoms with Crippen molar-refractivity contribution in [1.82, 2.24) is 15.6 Å². The second-order valence-corrected chi connectivity index (χ2v) is 6.72. The maximum Gasteiger partial charge on any atom is 0.315 e. The lowest BCUT2D eigenvalue weighted by Crippen LogP contribution is -2.42. The van der Waals surface area contributed by atoms with Crippen LogP contribution in [-0.2, 0) is 12.0 Å². The molecule has 0 saturated carbocycles. The Morgan fingerprint density at radius 3 is 2.50 bits per heavy atom. The number of nitrogens with one attached hydrogen (secondary N) is 2. The molecule has 2 amide bonds. The molecule has 0 fully saturated rings. The van der Waals surface area contributed by atoms with E-state index in [1.807, 2.05) is 49.3 Å². The van der Waals surface area contributed by atoms with Crippen molar-refractivity contribution in [2.45, 2.75) is 25.8 Å². The molecule has 0 aliphatic rings. The normalized spacial score (nSPS) is 11.0. The lowest BCUT2D eigenvalue weighted by molar-refractivity contribution is 0.238. The number of carbonyl (C=O) groups is 1. The molecule has 5 heteroatoms. The summed E-state index contributed by atoms with van der Waals surface area (Å²) in [4.78, 5) is 18.1. The first-order valence-electron chi connectivity index (χ1n) is 8.07. The van der Waals surface area contributed by atoms with Crippen molar-refractivity contribution in [3.05, 3.63) is 59.9 Å². The van der Waals surface area contributed by atoms with E-state index in [0.29, 0.717) is 13.1 Å². The van der Waals surface area contributed by atoms with Gasteiger partial charge in [0.2, 0.25) is 0 Å². The van der Waals surface area contributed by atoms with E-state index < -0.39 is 0 Å². The maximum absolute atomic E-state index is 12.1. The van der Waals surface area contributed by atoms with E-state index in [9.17, 15) is 4.79 Å². The van der Waals surface area contributed by atoms with Gasteiger partial charge in [0.25, 0.3) is 0 Å². The van der Waals surface area contributed by atoms with Crippen LogP contribution >= 0.6 is 0 Å². The van der Waals surface area contributed by atoms with E-state index in [2.05, 4.69) is 35.5 Å². The monoisotopic (exact) mass is 326 g/mol. The molecule has 128 valence electrons. The largest absolute Gasteiger partial charge is 0.378 e. The van der Waals surface area contributed by atoms with Gasteiger partial charge < -0.3 is 15.5 Å². The molecule has 0 radical (unpaired) electrons. The molecule has 1 heterocycles. The molecule has 0 unspecified atom stereocenters. The highest BCUT2D eigenvalue weighted by Crippen LogP contribution is 2.21. The highest BCUT2D eigenvalue weighted by molar-refractivity contribution is 5.74. The van der Waals surface area contributed by atoms with Crippen molar-refractivity contribution < 1.29 is 4.79 Å². The standard InChI is InChI=1S/C19H26N4O/c1-19(2,16-8-10-20-11-9-16)14-22-18(24)21-13-15-6-5-7-17(12-15)23(3)4/h5-12H,13-14H2,1-4H3,(H2,21,22,24). The van der Waals surface area contributed by atoms with E-state index >= 15 is 0 Å². The van der Waals surface area contributed by atoms with Gasteiger partial charge in [0.15, 0.2) is 0 Å². The predicted octanol–water partition coefficient (Wildman–Crippen LogP) is 2.92. The zero-order valence-electron chi connectivity index (χ0n) is 14.8. The van der Waals surface area contributed by atoms with Crippen LogP contribution in [0, 0.1) is 0 Å². The summed E-state index contributed by atoms with van der Waals surface area (Å²) >= 11 is 0. The Morgan fingerprint density at radius 2 is 1.83 bits per heavy atom. The Kier molecular flexibility index (Phi) is 5.79. The first-order valence-corrected chi connectivity index (χ1v) is 8.07. The van der Waals surface area contributed by atoms with Crippen molar-refractivity contribution in [2.24, 2.45) is 0 Å². The van der Waals surface area contributed by atoms with Crippen LogP contribution in [0.3, 0.4) is 0 Å². The number of urea groups is 1. The number of benzene rings is 1. The summed E-state index contributed by atoms with van der Waals surface area (Å²) in [5.41, 5.74) is 3.19. The van der Waals surface area contributed by atoms with Gasteiger partial charge in [-0.3, -0.25) is 4.98 Å². The molecule has 0 saturated heterocycles. The third-order valence-corrected chi connectivity index (χ3v) is 4.03. The molecular formula is C19H26N4O. The fourth-order valence-corrected chi connectivity index (χ4v) is 2.40. The minimum absolute atomic E-state index is 0.148. The number of rotatable bonds is 6. The average molecular weight is 326 g/mol. The Morgan fingerprint density at radius 1 is 1.12 bits per heavy atom. The van der Waals surface area contributed by atoms with Crippen LogP contribution in [0.1, 0.15) is 25.0 Å². The van der Waals surface area contributed by atoms with Crippen molar-refractivity contribution in [2.75, 3.05) is 25.5 Å². The van der Waals surface area contributed by atoms with E-state index in [4.69, 9.17) is 0 Å². The van der Waals surface area contributed by atoms with Crippen LogP contribution in [0.4, 0.5) is 10.5 Å². The van der Waals surface area contributed by atoms with Crippen LogP contribution in [-0.4, -0.2) is 31.7 Å². The minimum atomic E-state index is -0.160. The molecule has 1 aromatic carbocycles. The highest BCUT2D eigenvalue weighted by atomic mass is 16.2. The van der Waals surface area contributed by atoms with Crippen LogP contribution in [0.25, 0.3) is 0 Å². The van der Waals surface area contributed by atoms with E-state index in [1.54, 1.807) is 12.4 Å². The first kappa shape index (κ1) is 17.8. The van der Waals surface area contributed by atoms with Gasteiger partial charge in [-0.25, -0.2) is 4.79 Å². The van der Waals surface area contributed by atoms with Gasteiger partial charge in [0, 0.05) is 50.7 Å². The van der Waals surface area contributed by atoms with Crippen molar-refractivity contribution in [1.29, 1.82) is 0 Å². The zero-order valence-corrected chi connectivity index (χ0v) is 14.8. The van der Waals surface area contributed by atoms with Gasteiger partial charge in [0.05, 0.1) is 0 Å². The number of pyridine rings is 1. The fourth-order valence-electron chi connectivity index (χ4n) is 2.40. The molecule has 1 aromatic heterocycles. The molecule has 0 atom stereocenters. The second-order valence-electron chi connectivity index (χ2n) is 6.72. The Balaban J connectivity index is 1.84. The average Bonchev–Trinajstić information content (AvgIpc) is 2.59. The molecule has 2 N–H and O–H groups in total. The van der Waals surface area contributed by atoms with Crippen LogP contribution in [0.15, 0.2) is 48.8 Å². The van der Waals surface area contributed by atoms with Crippen molar-refractivity contribution >= 4 is 11.7 Å². The smallest absolute Gasteiger partial charge is 0.315 e. The molecule has 24 heavy (non-hydrogen) atoms. The molecule has 0 spiro atoms. The molecule has 2 aromatic rings. The lowest BCUT2D eigenvalue weighted by atomic mass is 9.85. The minimum Gasteiger partial charge on any atom is -0.378 e.